The van der Waals surface area contributed by atoms with E-state index in [9.17, 15) is 9.59 Å². The second-order valence-electron chi connectivity index (χ2n) is 9.98. The SMILES string of the molecule is O=c1c2c(CN3CCCC3)n(Cc3cccnc3)c(=O)cc2[nH]n1-c1ccc(OCC2=CC=CCC2)cc1. The predicted octanol–water partition coefficient (Wildman–Crippen LogP) is 4.17. The van der Waals surface area contributed by atoms with Gasteiger partial charge in [-0.05, 0) is 80.2 Å². The number of hydrogen-bond donors (Lipinski definition) is 1. The highest BCUT2D eigenvalue weighted by Crippen LogP contribution is 2.21. The fourth-order valence-corrected chi connectivity index (χ4v) is 5.29. The van der Waals surface area contributed by atoms with Crippen LogP contribution in [0.1, 0.15) is 36.9 Å². The number of nitrogens with zero attached hydrogens (tertiary/aromatic N) is 4. The van der Waals surface area contributed by atoms with E-state index in [1.54, 1.807) is 17.0 Å². The maximum atomic E-state index is 13.8. The molecule has 0 saturated carbocycles. The van der Waals surface area contributed by atoms with Gasteiger partial charge in [-0.2, -0.15) is 0 Å². The van der Waals surface area contributed by atoms with E-state index in [1.807, 2.05) is 36.4 Å². The molecule has 8 nitrogen and oxygen atoms in total. The first-order valence-corrected chi connectivity index (χ1v) is 13.2. The molecule has 0 bridgehead atoms. The molecule has 6 rings (SSSR count). The van der Waals surface area contributed by atoms with E-state index in [4.69, 9.17) is 4.74 Å². The van der Waals surface area contributed by atoms with E-state index >= 15 is 0 Å². The van der Waals surface area contributed by atoms with E-state index in [-0.39, 0.29) is 11.1 Å². The number of hydrogen-bond acceptors (Lipinski definition) is 5. The highest BCUT2D eigenvalue weighted by molar-refractivity contribution is 5.81. The van der Waals surface area contributed by atoms with Crippen molar-refractivity contribution < 1.29 is 4.74 Å². The van der Waals surface area contributed by atoms with Crippen molar-refractivity contribution in [3.63, 3.8) is 0 Å². The minimum absolute atomic E-state index is 0.139. The minimum Gasteiger partial charge on any atom is -0.489 e. The number of rotatable bonds is 8. The van der Waals surface area contributed by atoms with E-state index < -0.39 is 0 Å². The Morgan fingerprint density at radius 3 is 2.61 bits per heavy atom. The van der Waals surface area contributed by atoms with Gasteiger partial charge in [-0.15, -0.1) is 0 Å². The van der Waals surface area contributed by atoms with Crippen LogP contribution in [0.15, 0.2) is 88.2 Å². The third-order valence-electron chi connectivity index (χ3n) is 7.32. The average Bonchev–Trinajstić information content (AvgIpc) is 3.58. The second-order valence-corrected chi connectivity index (χ2v) is 9.98. The molecule has 2 aliphatic rings. The van der Waals surface area contributed by atoms with E-state index in [1.165, 1.54) is 16.3 Å². The predicted molar refractivity (Wildman–Crippen MR) is 148 cm³/mol. The Balaban J connectivity index is 1.35. The van der Waals surface area contributed by atoms with Gasteiger partial charge in [-0.25, -0.2) is 4.68 Å². The van der Waals surface area contributed by atoms with Gasteiger partial charge in [0, 0.05) is 25.0 Å². The van der Waals surface area contributed by atoms with Crippen LogP contribution in [0.5, 0.6) is 5.75 Å². The minimum atomic E-state index is -0.165. The van der Waals surface area contributed by atoms with Crippen molar-refractivity contribution in [2.45, 2.75) is 38.8 Å². The maximum absolute atomic E-state index is 13.8. The molecule has 0 atom stereocenters. The summed E-state index contributed by atoms with van der Waals surface area (Å²) in [4.78, 5) is 33.6. The normalized spacial score (nSPS) is 15.7. The van der Waals surface area contributed by atoms with Crippen LogP contribution in [0.2, 0.25) is 0 Å². The number of ether oxygens (including phenoxy) is 1. The third-order valence-corrected chi connectivity index (χ3v) is 7.32. The number of allylic oxidation sites excluding steroid dienone is 3. The van der Waals surface area contributed by atoms with Gasteiger partial charge in [-0.3, -0.25) is 24.6 Å². The highest BCUT2D eigenvalue weighted by atomic mass is 16.5. The van der Waals surface area contributed by atoms with Crippen LogP contribution in [0.4, 0.5) is 0 Å². The van der Waals surface area contributed by atoms with E-state index in [0.29, 0.717) is 36.3 Å². The second kappa shape index (κ2) is 10.7. The van der Waals surface area contributed by atoms with E-state index in [2.05, 4.69) is 33.2 Å². The van der Waals surface area contributed by atoms with Gasteiger partial charge in [0.25, 0.3) is 11.1 Å². The third kappa shape index (κ3) is 4.99. The molecule has 3 aromatic heterocycles. The van der Waals surface area contributed by atoms with Gasteiger partial charge in [0.1, 0.15) is 12.4 Å². The summed E-state index contributed by atoms with van der Waals surface area (Å²) in [5.41, 5.74) is 3.87. The Hall–Kier alpha value is -4.17. The van der Waals surface area contributed by atoms with Crippen molar-refractivity contribution in [1.29, 1.82) is 0 Å². The molecular weight excluding hydrogens is 478 g/mol. The Labute approximate surface area is 220 Å². The van der Waals surface area contributed by atoms with Gasteiger partial charge in [-0.1, -0.05) is 24.3 Å². The number of pyridine rings is 2. The molecule has 1 aromatic carbocycles. The molecule has 0 radical (unpaired) electrons. The summed E-state index contributed by atoms with van der Waals surface area (Å²) in [7, 11) is 0. The zero-order chi connectivity index (χ0) is 25.9. The van der Waals surface area contributed by atoms with Crippen LogP contribution < -0.4 is 15.9 Å². The van der Waals surface area contributed by atoms with Crippen molar-refractivity contribution in [1.82, 2.24) is 24.2 Å². The number of aromatic amines is 1. The number of aromatic nitrogens is 4. The molecule has 0 unspecified atom stereocenters. The molecule has 1 aliphatic heterocycles. The van der Waals surface area contributed by atoms with Crippen LogP contribution in [0, 0.1) is 0 Å². The Kier molecular flexibility index (Phi) is 6.79. The summed E-state index contributed by atoms with van der Waals surface area (Å²) < 4.78 is 9.20. The van der Waals surface area contributed by atoms with Crippen molar-refractivity contribution in [2.75, 3.05) is 19.7 Å². The summed E-state index contributed by atoms with van der Waals surface area (Å²) in [5, 5.41) is 3.74. The van der Waals surface area contributed by atoms with Crippen LogP contribution in [-0.2, 0) is 13.1 Å². The van der Waals surface area contributed by atoms with Crippen molar-refractivity contribution in [3.05, 3.63) is 111 Å². The van der Waals surface area contributed by atoms with Gasteiger partial charge >= 0.3 is 0 Å². The first-order chi connectivity index (χ1) is 18.7. The topological polar surface area (TPSA) is 85.2 Å². The van der Waals surface area contributed by atoms with Crippen molar-refractivity contribution >= 4 is 10.9 Å². The molecular formula is C30H31N5O3. The lowest BCUT2D eigenvalue weighted by atomic mass is 10.1. The Morgan fingerprint density at radius 2 is 1.87 bits per heavy atom. The van der Waals surface area contributed by atoms with Crippen LogP contribution in [0.25, 0.3) is 16.6 Å². The average molecular weight is 510 g/mol. The van der Waals surface area contributed by atoms with Crippen molar-refractivity contribution in [3.8, 4) is 11.4 Å². The highest BCUT2D eigenvalue weighted by Gasteiger charge is 2.22. The number of likely N-dealkylation sites (tertiary alicyclic amines) is 1. The molecule has 38 heavy (non-hydrogen) atoms. The van der Waals surface area contributed by atoms with Crippen LogP contribution in [-0.4, -0.2) is 43.9 Å². The first-order valence-electron chi connectivity index (χ1n) is 13.2. The summed E-state index contributed by atoms with van der Waals surface area (Å²) in [6, 6.07) is 12.8. The number of fused-ring (bicyclic) bond motifs is 1. The van der Waals surface area contributed by atoms with Gasteiger partial charge < -0.3 is 9.30 Å². The van der Waals surface area contributed by atoms with Crippen LogP contribution >= 0.6 is 0 Å². The summed E-state index contributed by atoms with van der Waals surface area (Å²) >= 11 is 0. The molecule has 0 amide bonds. The van der Waals surface area contributed by atoms with Gasteiger partial charge in [0.2, 0.25) is 0 Å². The molecule has 1 fully saturated rings. The molecule has 0 spiro atoms. The van der Waals surface area contributed by atoms with Crippen LogP contribution in [0.3, 0.4) is 0 Å². The quantitative estimate of drug-likeness (QED) is 0.385. The molecule has 4 heterocycles. The molecule has 8 heteroatoms. The summed E-state index contributed by atoms with van der Waals surface area (Å²) in [5.74, 6) is 0.749. The number of nitrogens with one attached hydrogen (secondary N) is 1. The molecule has 1 saturated heterocycles. The monoisotopic (exact) mass is 509 g/mol. The summed E-state index contributed by atoms with van der Waals surface area (Å²) in [6.07, 6.45) is 14.1. The standard InChI is InChI=1S/C30H31N5O3/c36-28-17-26-29(27(20-33-15-4-5-16-33)34(28)19-23-9-6-14-31-18-23)30(37)35(32-26)24-10-12-25(13-11-24)38-21-22-7-2-1-3-8-22/h1-2,6-7,9-14,17-18,32H,3-5,8,15-16,19-21H2. The molecule has 1 N–H and O–H groups in total. The van der Waals surface area contributed by atoms with Crippen molar-refractivity contribution in [2.24, 2.45) is 0 Å². The van der Waals surface area contributed by atoms with Gasteiger partial charge in [0.05, 0.1) is 28.8 Å². The van der Waals surface area contributed by atoms with E-state index in [0.717, 1.165) is 55.8 Å². The first kappa shape index (κ1) is 24.2. The number of H-pyrrole nitrogens is 1. The van der Waals surface area contributed by atoms with Gasteiger partial charge in [0.15, 0.2) is 0 Å². The molecule has 194 valence electrons. The maximum Gasteiger partial charge on any atom is 0.280 e. The zero-order valence-electron chi connectivity index (χ0n) is 21.3. The lowest BCUT2D eigenvalue weighted by molar-refractivity contribution is 0.322. The zero-order valence-corrected chi connectivity index (χ0v) is 21.3. The molecule has 1 aliphatic carbocycles. The fraction of sp³-hybridized carbons (Fsp3) is 0.300. The largest absolute Gasteiger partial charge is 0.489 e. The Morgan fingerprint density at radius 1 is 1.03 bits per heavy atom. The lowest BCUT2D eigenvalue weighted by Gasteiger charge is -2.19. The lowest BCUT2D eigenvalue weighted by Crippen LogP contribution is -2.30. The Bertz CT molecular complexity index is 1600. The molecule has 4 aromatic rings. The smallest absolute Gasteiger partial charge is 0.280 e. The fourth-order valence-electron chi connectivity index (χ4n) is 5.29. The summed E-state index contributed by atoms with van der Waals surface area (Å²) in [6.45, 7) is 3.40. The number of benzene rings is 1.